The molecule has 0 aliphatic carbocycles. The second-order valence-corrected chi connectivity index (χ2v) is 4.82. The first kappa shape index (κ1) is 14.2. The van der Waals surface area contributed by atoms with Crippen LogP contribution in [0.15, 0.2) is 30.6 Å². The number of aryl methyl sites for hydroxylation is 1. The van der Waals surface area contributed by atoms with Gasteiger partial charge in [-0.05, 0) is 25.5 Å². The third-order valence-electron chi connectivity index (χ3n) is 2.91. The molecule has 2 aromatic rings. The molecule has 0 aliphatic heterocycles. The summed E-state index contributed by atoms with van der Waals surface area (Å²) in [5.74, 6) is 1.66. The summed E-state index contributed by atoms with van der Waals surface area (Å²) < 4.78 is 0. The molecule has 106 valence electrons. The predicted octanol–water partition coefficient (Wildman–Crippen LogP) is 2.64. The Morgan fingerprint density at radius 1 is 1.20 bits per heavy atom. The van der Waals surface area contributed by atoms with E-state index in [1.54, 1.807) is 12.4 Å². The van der Waals surface area contributed by atoms with Crippen LogP contribution >= 0.6 is 0 Å². The molecule has 5 heteroatoms. The molecule has 2 heterocycles. The van der Waals surface area contributed by atoms with E-state index in [0.29, 0.717) is 6.54 Å². The maximum absolute atomic E-state index is 4.55. The molecule has 0 fully saturated rings. The van der Waals surface area contributed by atoms with Crippen LogP contribution < -0.4 is 10.2 Å². The van der Waals surface area contributed by atoms with E-state index in [9.17, 15) is 0 Å². The first-order valence-electron chi connectivity index (χ1n) is 6.88. The minimum Gasteiger partial charge on any atom is -0.369 e. The normalized spacial score (nSPS) is 10.3. The molecule has 5 nitrogen and oxygen atoms in total. The lowest BCUT2D eigenvalue weighted by Crippen LogP contribution is -2.19. The Labute approximate surface area is 120 Å². The summed E-state index contributed by atoms with van der Waals surface area (Å²) in [7, 11) is 2.00. The van der Waals surface area contributed by atoms with E-state index in [0.717, 1.165) is 36.0 Å². The first-order valence-corrected chi connectivity index (χ1v) is 6.88. The van der Waals surface area contributed by atoms with Crippen molar-refractivity contribution in [3.8, 4) is 0 Å². The average molecular weight is 271 g/mol. The molecule has 2 aromatic heterocycles. The van der Waals surface area contributed by atoms with E-state index in [2.05, 4.69) is 27.2 Å². The zero-order valence-electron chi connectivity index (χ0n) is 12.3. The number of nitrogens with one attached hydrogen (secondary N) is 1. The number of nitrogens with zero attached hydrogens (tertiary/aromatic N) is 4. The van der Waals surface area contributed by atoms with Crippen molar-refractivity contribution in [2.75, 3.05) is 23.8 Å². The summed E-state index contributed by atoms with van der Waals surface area (Å²) in [6.07, 6.45) is 4.58. The highest BCUT2D eigenvalue weighted by Gasteiger charge is 2.06. The van der Waals surface area contributed by atoms with Crippen molar-refractivity contribution in [1.29, 1.82) is 0 Å². The second-order valence-electron chi connectivity index (χ2n) is 4.82. The van der Waals surface area contributed by atoms with E-state index in [1.165, 1.54) is 0 Å². The van der Waals surface area contributed by atoms with Gasteiger partial charge >= 0.3 is 0 Å². The number of pyridine rings is 1. The van der Waals surface area contributed by atoms with Gasteiger partial charge in [0.15, 0.2) is 0 Å². The van der Waals surface area contributed by atoms with Gasteiger partial charge in [-0.25, -0.2) is 4.98 Å². The van der Waals surface area contributed by atoms with Gasteiger partial charge < -0.3 is 10.2 Å². The quantitative estimate of drug-likeness (QED) is 0.875. The van der Waals surface area contributed by atoms with Gasteiger partial charge in [-0.1, -0.05) is 13.0 Å². The zero-order chi connectivity index (χ0) is 14.4. The topological polar surface area (TPSA) is 53.9 Å². The summed E-state index contributed by atoms with van der Waals surface area (Å²) in [6, 6.07) is 6.05. The lowest BCUT2D eigenvalue weighted by Gasteiger charge is -2.18. The number of hydrogen-bond donors (Lipinski definition) is 1. The van der Waals surface area contributed by atoms with Crippen LogP contribution in [-0.2, 0) is 6.54 Å². The summed E-state index contributed by atoms with van der Waals surface area (Å²) in [4.78, 5) is 15.3. The van der Waals surface area contributed by atoms with Gasteiger partial charge in [-0.15, -0.1) is 0 Å². The Kier molecular flexibility index (Phi) is 4.87. The van der Waals surface area contributed by atoms with Crippen molar-refractivity contribution in [3.05, 3.63) is 42.0 Å². The van der Waals surface area contributed by atoms with E-state index in [4.69, 9.17) is 0 Å². The van der Waals surface area contributed by atoms with Crippen LogP contribution in [0.4, 0.5) is 11.6 Å². The highest BCUT2D eigenvalue weighted by molar-refractivity contribution is 5.43. The van der Waals surface area contributed by atoms with E-state index < -0.39 is 0 Å². The van der Waals surface area contributed by atoms with Gasteiger partial charge in [0.05, 0.1) is 24.6 Å². The Morgan fingerprint density at radius 3 is 2.80 bits per heavy atom. The van der Waals surface area contributed by atoms with Crippen LogP contribution in [0.2, 0.25) is 0 Å². The number of hydrogen-bond acceptors (Lipinski definition) is 5. The van der Waals surface area contributed by atoms with Crippen LogP contribution in [0.25, 0.3) is 0 Å². The molecular formula is C15H21N5. The average Bonchev–Trinajstić information content (AvgIpc) is 2.45. The van der Waals surface area contributed by atoms with Crippen LogP contribution in [-0.4, -0.2) is 28.5 Å². The van der Waals surface area contributed by atoms with Gasteiger partial charge in [-0.3, -0.25) is 9.97 Å². The van der Waals surface area contributed by atoms with E-state index in [1.807, 2.05) is 37.1 Å². The molecule has 0 saturated heterocycles. The Bertz CT molecular complexity index is 555. The molecule has 0 amide bonds. The highest BCUT2D eigenvalue weighted by Crippen LogP contribution is 2.13. The van der Waals surface area contributed by atoms with E-state index in [-0.39, 0.29) is 0 Å². The molecule has 0 spiro atoms. The highest BCUT2D eigenvalue weighted by atomic mass is 15.2. The summed E-state index contributed by atoms with van der Waals surface area (Å²) in [5.41, 5.74) is 2.06. The standard InChI is InChI=1S/C15H21N5/c1-4-8-17-14-9-16-10-15(19-14)20(3)11-13-7-5-6-12(2)18-13/h5-7,9-10H,4,8,11H2,1-3H3,(H,17,19). The summed E-state index contributed by atoms with van der Waals surface area (Å²) in [6.45, 7) is 5.74. The number of anilines is 2. The van der Waals surface area contributed by atoms with Gasteiger partial charge in [0.25, 0.3) is 0 Å². The van der Waals surface area contributed by atoms with Crippen molar-refractivity contribution in [2.45, 2.75) is 26.8 Å². The molecule has 0 bridgehead atoms. The minimum atomic E-state index is 0.716. The lowest BCUT2D eigenvalue weighted by atomic mass is 10.3. The molecule has 20 heavy (non-hydrogen) atoms. The van der Waals surface area contributed by atoms with Gasteiger partial charge in [0, 0.05) is 19.3 Å². The summed E-state index contributed by atoms with van der Waals surface area (Å²) >= 11 is 0. The molecule has 0 unspecified atom stereocenters. The van der Waals surface area contributed by atoms with Crippen molar-refractivity contribution in [1.82, 2.24) is 15.0 Å². The van der Waals surface area contributed by atoms with Crippen molar-refractivity contribution >= 4 is 11.6 Å². The zero-order valence-corrected chi connectivity index (χ0v) is 12.3. The smallest absolute Gasteiger partial charge is 0.149 e. The molecule has 2 rings (SSSR count). The maximum atomic E-state index is 4.55. The SMILES string of the molecule is CCCNc1cncc(N(C)Cc2cccc(C)n2)n1. The van der Waals surface area contributed by atoms with Crippen molar-refractivity contribution in [2.24, 2.45) is 0 Å². The Morgan fingerprint density at radius 2 is 2.05 bits per heavy atom. The fourth-order valence-corrected chi connectivity index (χ4v) is 1.89. The molecular weight excluding hydrogens is 250 g/mol. The third-order valence-corrected chi connectivity index (χ3v) is 2.91. The van der Waals surface area contributed by atoms with Crippen molar-refractivity contribution < 1.29 is 0 Å². The maximum Gasteiger partial charge on any atom is 0.149 e. The van der Waals surface area contributed by atoms with Crippen LogP contribution in [0.3, 0.4) is 0 Å². The molecule has 0 aromatic carbocycles. The fourth-order valence-electron chi connectivity index (χ4n) is 1.89. The Balaban J connectivity index is 2.06. The minimum absolute atomic E-state index is 0.716. The van der Waals surface area contributed by atoms with Crippen LogP contribution in [0.1, 0.15) is 24.7 Å². The van der Waals surface area contributed by atoms with Gasteiger partial charge in [-0.2, -0.15) is 0 Å². The molecule has 0 saturated carbocycles. The lowest BCUT2D eigenvalue weighted by molar-refractivity contribution is 0.852. The number of rotatable bonds is 6. The van der Waals surface area contributed by atoms with Gasteiger partial charge in [0.2, 0.25) is 0 Å². The number of aromatic nitrogens is 3. The van der Waals surface area contributed by atoms with Gasteiger partial charge in [0.1, 0.15) is 11.6 Å². The predicted molar refractivity (Wildman–Crippen MR) is 81.9 cm³/mol. The Hall–Kier alpha value is -2.17. The monoisotopic (exact) mass is 271 g/mol. The molecule has 1 N–H and O–H groups in total. The van der Waals surface area contributed by atoms with Crippen LogP contribution in [0.5, 0.6) is 0 Å². The fraction of sp³-hybridized carbons (Fsp3) is 0.400. The van der Waals surface area contributed by atoms with E-state index >= 15 is 0 Å². The summed E-state index contributed by atoms with van der Waals surface area (Å²) in [5, 5.41) is 3.25. The van der Waals surface area contributed by atoms with Crippen molar-refractivity contribution in [3.63, 3.8) is 0 Å². The van der Waals surface area contributed by atoms with Crippen LogP contribution in [0, 0.1) is 6.92 Å². The molecule has 0 aliphatic rings. The first-order chi connectivity index (χ1) is 9.69. The molecule has 0 radical (unpaired) electrons. The largest absolute Gasteiger partial charge is 0.369 e. The second kappa shape index (κ2) is 6.84. The molecule has 0 atom stereocenters. The third kappa shape index (κ3) is 3.91.